The Bertz CT molecular complexity index is 691. The van der Waals surface area contributed by atoms with E-state index >= 15 is 0 Å². The molecule has 1 amide bonds. The number of hydrogen-bond acceptors (Lipinski definition) is 5. The SMILES string of the molecule is CC(C)(C)[S@@+]([O-])/N=C1\c2sc(Cl)nc2CC12CCN(C(=O)O)CC2. The molecular weight excluding hydrogens is 370 g/mol. The number of carboxylic acid groups (broad SMARTS) is 1. The molecule has 1 saturated heterocycles. The molecule has 0 aromatic carbocycles. The minimum absolute atomic E-state index is 0.272. The standard InChI is InChI=1S/C15H20ClN3O3S2/c1-14(2,3)24(22)18-11-10-9(17-12(16)23-10)8-15(11)4-6-19(7-5-15)13(20)21/h4-8H2,1-3H3,(H,20,21)/b18-11+/t24-/m1/s1. The Morgan fingerprint density at radius 2 is 2.08 bits per heavy atom. The third kappa shape index (κ3) is 3.16. The first-order chi connectivity index (χ1) is 11.1. The normalized spacial score (nSPS) is 22.9. The predicted molar refractivity (Wildman–Crippen MR) is 96.5 cm³/mol. The maximum absolute atomic E-state index is 12.6. The Morgan fingerprint density at radius 3 is 2.62 bits per heavy atom. The van der Waals surface area contributed by atoms with Gasteiger partial charge in [-0.1, -0.05) is 16.0 Å². The second-order valence-corrected chi connectivity index (χ2v) is 10.8. The summed E-state index contributed by atoms with van der Waals surface area (Å²) in [5, 5.41) is 9.18. The number of rotatable bonds is 1. The quantitative estimate of drug-likeness (QED) is 0.745. The molecule has 3 rings (SSSR count). The smallest absolute Gasteiger partial charge is 0.407 e. The van der Waals surface area contributed by atoms with E-state index in [2.05, 4.69) is 9.38 Å². The molecule has 1 aromatic heterocycles. The zero-order chi connectivity index (χ0) is 17.7. The van der Waals surface area contributed by atoms with Gasteiger partial charge < -0.3 is 14.6 Å². The molecule has 9 heteroatoms. The third-order valence-electron chi connectivity index (χ3n) is 4.58. The zero-order valence-corrected chi connectivity index (χ0v) is 16.2. The molecule has 6 nitrogen and oxygen atoms in total. The number of likely N-dealkylation sites (tertiary alicyclic amines) is 1. The van der Waals surface area contributed by atoms with Crippen molar-refractivity contribution in [3.8, 4) is 0 Å². The van der Waals surface area contributed by atoms with Crippen LogP contribution in [0.15, 0.2) is 4.40 Å². The molecule has 1 aliphatic heterocycles. The zero-order valence-electron chi connectivity index (χ0n) is 13.8. The van der Waals surface area contributed by atoms with Crippen molar-refractivity contribution in [2.45, 2.75) is 44.8 Å². The number of piperidine rings is 1. The fraction of sp³-hybridized carbons (Fsp3) is 0.667. The van der Waals surface area contributed by atoms with Crippen LogP contribution in [0.3, 0.4) is 0 Å². The van der Waals surface area contributed by atoms with Gasteiger partial charge in [-0.15, -0.1) is 11.3 Å². The van der Waals surface area contributed by atoms with Crippen molar-refractivity contribution in [1.29, 1.82) is 0 Å². The number of aromatic nitrogens is 1. The Kier molecular flexibility index (Phi) is 4.61. The highest BCUT2D eigenvalue weighted by atomic mass is 35.5. The monoisotopic (exact) mass is 389 g/mol. The number of nitrogens with zero attached hydrogens (tertiary/aromatic N) is 3. The van der Waals surface area contributed by atoms with Gasteiger partial charge in [-0.2, -0.15) is 0 Å². The van der Waals surface area contributed by atoms with Crippen LogP contribution < -0.4 is 0 Å². The molecule has 0 bridgehead atoms. The molecule has 1 spiro atoms. The predicted octanol–water partition coefficient (Wildman–Crippen LogP) is 3.36. The number of halogens is 1. The maximum Gasteiger partial charge on any atom is 0.407 e. The summed E-state index contributed by atoms with van der Waals surface area (Å²) in [4.78, 5) is 17.9. The van der Waals surface area contributed by atoms with E-state index in [9.17, 15) is 14.5 Å². The van der Waals surface area contributed by atoms with Gasteiger partial charge in [0.05, 0.1) is 10.6 Å². The van der Waals surface area contributed by atoms with Crippen molar-refractivity contribution < 1.29 is 14.5 Å². The van der Waals surface area contributed by atoms with E-state index in [1.165, 1.54) is 16.2 Å². The molecule has 1 aliphatic carbocycles. The molecule has 1 fully saturated rings. The van der Waals surface area contributed by atoms with Gasteiger partial charge in [0.15, 0.2) is 4.47 Å². The van der Waals surface area contributed by atoms with Gasteiger partial charge in [0.1, 0.15) is 21.8 Å². The van der Waals surface area contributed by atoms with Crippen LogP contribution in [-0.4, -0.2) is 49.2 Å². The van der Waals surface area contributed by atoms with Crippen LogP contribution in [0.25, 0.3) is 0 Å². The van der Waals surface area contributed by atoms with Crippen molar-refractivity contribution in [2.75, 3.05) is 13.1 Å². The lowest BCUT2D eigenvalue weighted by Gasteiger charge is -2.38. The number of fused-ring (bicyclic) bond motifs is 1. The van der Waals surface area contributed by atoms with Crippen molar-refractivity contribution in [3.63, 3.8) is 0 Å². The topological polar surface area (TPSA) is 88.9 Å². The average molecular weight is 390 g/mol. The molecule has 1 atom stereocenters. The minimum Gasteiger partial charge on any atom is -0.591 e. The van der Waals surface area contributed by atoms with Crippen LogP contribution in [-0.2, 0) is 17.8 Å². The average Bonchev–Trinajstić information content (AvgIpc) is 2.94. The van der Waals surface area contributed by atoms with Crippen molar-refractivity contribution >= 4 is 46.1 Å². The van der Waals surface area contributed by atoms with Gasteiger partial charge in [-0.25, -0.2) is 9.78 Å². The fourth-order valence-corrected chi connectivity index (χ4v) is 5.21. The maximum atomic E-state index is 12.6. The first kappa shape index (κ1) is 18.0. The van der Waals surface area contributed by atoms with E-state index in [-0.39, 0.29) is 5.41 Å². The Morgan fingerprint density at radius 1 is 1.46 bits per heavy atom. The van der Waals surface area contributed by atoms with E-state index in [1.54, 1.807) is 0 Å². The first-order valence-electron chi connectivity index (χ1n) is 7.77. The van der Waals surface area contributed by atoms with Crippen molar-refractivity contribution in [3.05, 3.63) is 15.0 Å². The lowest BCUT2D eigenvalue weighted by Crippen LogP contribution is -2.45. The number of hydrogen-bond donors (Lipinski definition) is 1. The van der Waals surface area contributed by atoms with Gasteiger partial charge >= 0.3 is 6.09 Å². The summed E-state index contributed by atoms with van der Waals surface area (Å²) >= 11 is 6.05. The first-order valence-corrected chi connectivity index (χ1v) is 10.1. The summed E-state index contributed by atoms with van der Waals surface area (Å²) in [5.41, 5.74) is 1.43. The molecule has 2 heterocycles. The molecule has 24 heavy (non-hydrogen) atoms. The highest BCUT2D eigenvalue weighted by Crippen LogP contribution is 2.48. The molecular formula is C15H20ClN3O3S2. The highest BCUT2D eigenvalue weighted by Gasteiger charge is 2.50. The Hall–Kier alpha value is -0.830. The van der Waals surface area contributed by atoms with Gasteiger partial charge in [0.25, 0.3) is 0 Å². The molecule has 0 saturated carbocycles. The number of amides is 1. The van der Waals surface area contributed by atoms with Crippen LogP contribution in [0, 0.1) is 5.41 Å². The van der Waals surface area contributed by atoms with Gasteiger partial charge in [0.2, 0.25) is 0 Å². The van der Waals surface area contributed by atoms with E-state index in [4.69, 9.17) is 11.6 Å². The molecule has 2 aliphatic rings. The van der Waals surface area contributed by atoms with Crippen molar-refractivity contribution in [2.24, 2.45) is 9.81 Å². The molecule has 0 unspecified atom stereocenters. The van der Waals surface area contributed by atoms with Crippen molar-refractivity contribution in [1.82, 2.24) is 9.88 Å². The summed E-state index contributed by atoms with van der Waals surface area (Å²) in [5.74, 6) is 0. The Balaban J connectivity index is 1.96. The summed E-state index contributed by atoms with van der Waals surface area (Å²) in [6.45, 7) is 6.59. The third-order valence-corrected chi connectivity index (χ3v) is 7.19. The van der Waals surface area contributed by atoms with Crippen LogP contribution >= 0.6 is 22.9 Å². The minimum atomic E-state index is -1.38. The van der Waals surface area contributed by atoms with E-state index in [1.807, 2.05) is 20.8 Å². The van der Waals surface area contributed by atoms with Crippen LogP contribution in [0.1, 0.15) is 44.2 Å². The summed E-state index contributed by atoms with van der Waals surface area (Å²) in [7, 11) is 0. The van der Waals surface area contributed by atoms with E-state index in [0.29, 0.717) is 36.8 Å². The molecule has 1 aromatic rings. The summed E-state index contributed by atoms with van der Waals surface area (Å²) in [6.07, 6.45) is 1.13. The Labute approximate surface area is 153 Å². The summed E-state index contributed by atoms with van der Waals surface area (Å²) in [6, 6.07) is 0. The van der Waals surface area contributed by atoms with E-state index < -0.39 is 22.2 Å². The molecule has 1 N–H and O–H groups in total. The highest BCUT2D eigenvalue weighted by molar-refractivity contribution is 7.91. The van der Waals surface area contributed by atoms with Crippen LogP contribution in [0.5, 0.6) is 0 Å². The van der Waals surface area contributed by atoms with Crippen LogP contribution in [0.4, 0.5) is 4.79 Å². The second kappa shape index (κ2) is 6.16. The number of thiazole rings is 1. The lowest BCUT2D eigenvalue weighted by molar-refractivity contribution is 0.114. The van der Waals surface area contributed by atoms with Gasteiger partial charge in [-0.05, 0) is 33.6 Å². The van der Waals surface area contributed by atoms with Gasteiger partial charge in [0, 0.05) is 24.9 Å². The molecule has 0 radical (unpaired) electrons. The summed E-state index contributed by atoms with van der Waals surface area (Å²) < 4.78 is 17.2. The van der Waals surface area contributed by atoms with E-state index in [0.717, 1.165) is 16.3 Å². The van der Waals surface area contributed by atoms with Gasteiger partial charge in [-0.3, -0.25) is 0 Å². The largest absolute Gasteiger partial charge is 0.591 e. The fourth-order valence-electron chi connectivity index (χ4n) is 3.17. The number of carbonyl (C=O) groups is 1. The lowest BCUT2D eigenvalue weighted by atomic mass is 9.75. The second-order valence-electron chi connectivity index (χ2n) is 7.27. The molecule has 132 valence electrons. The van der Waals surface area contributed by atoms with Crippen LogP contribution in [0.2, 0.25) is 4.47 Å².